The van der Waals surface area contributed by atoms with E-state index in [0.717, 1.165) is 12.8 Å². The maximum atomic E-state index is 13.4. The Labute approximate surface area is 208 Å². The molecule has 0 bridgehead atoms. The maximum absolute atomic E-state index is 13.4. The van der Waals surface area contributed by atoms with Crippen LogP contribution in [0.4, 0.5) is 0 Å². The van der Waals surface area contributed by atoms with Crippen LogP contribution in [0.15, 0.2) is 51.0 Å². The number of nitrogens with one attached hydrogen (secondary N) is 1. The first-order valence-electron chi connectivity index (χ1n) is 11.7. The SMILES string of the molecule is CCCCN(CC)C(=O)CSc1nc2cc(C(=O)NCCOC)ccc2c(=O)n1Cc1ccco1. The first-order valence-corrected chi connectivity index (χ1v) is 12.7. The van der Waals surface area contributed by atoms with Gasteiger partial charge in [-0.15, -0.1) is 0 Å². The molecule has 0 radical (unpaired) electrons. The van der Waals surface area contributed by atoms with E-state index < -0.39 is 0 Å². The fourth-order valence-electron chi connectivity index (χ4n) is 3.54. The van der Waals surface area contributed by atoms with Gasteiger partial charge in [0.15, 0.2) is 5.16 Å². The summed E-state index contributed by atoms with van der Waals surface area (Å²) in [6.07, 6.45) is 3.50. The molecule has 2 amide bonds. The third-order valence-corrected chi connectivity index (χ3v) is 6.47. The minimum atomic E-state index is -0.274. The van der Waals surface area contributed by atoms with Crippen molar-refractivity contribution in [2.45, 2.75) is 38.4 Å². The highest BCUT2D eigenvalue weighted by atomic mass is 32.2. The quantitative estimate of drug-likeness (QED) is 0.218. The fourth-order valence-corrected chi connectivity index (χ4v) is 4.45. The molecule has 1 aromatic carbocycles. The highest BCUT2D eigenvalue weighted by Gasteiger charge is 2.18. The van der Waals surface area contributed by atoms with Gasteiger partial charge < -0.3 is 19.4 Å². The van der Waals surface area contributed by atoms with Crippen LogP contribution < -0.4 is 10.9 Å². The molecule has 0 saturated heterocycles. The number of hydrogen-bond acceptors (Lipinski definition) is 7. The number of amides is 2. The molecule has 3 rings (SSSR count). The van der Waals surface area contributed by atoms with Crippen molar-refractivity contribution in [3.05, 3.63) is 58.3 Å². The van der Waals surface area contributed by atoms with Gasteiger partial charge in [0.05, 0.1) is 36.1 Å². The third kappa shape index (κ3) is 6.95. The van der Waals surface area contributed by atoms with Gasteiger partial charge >= 0.3 is 0 Å². The molecular formula is C25H32N4O5S. The van der Waals surface area contributed by atoms with Crippen molar-refractivity contribution in [3.8, 4) is 0 Å². The van der Waals surface area contributed by atoms with Crippen LogP contribution >= 0.6 is 11.8 Å². The number of rotatable bonds is 13. The summed E-state index contributed by atoms with van der Waals surface area (Å²) in [6.45, 7) is 6.35. The van der Waals surface area contributed by atoms with Crippen molar-refractivity contribution >= 4 is 34.5 Å². The summed E-state index contributed by atoms with van der Waals surface area (Å²) in [4.78, 5) is 45.2. The molecule has 1 N–H and O–H groups in total. The molecule has 0 aliphatic carbocycles. The first-order chi connectivity index (χ1) is 17.0. The zero-order valence-corrected chi connectivity index (χ0v) is 21.2. The Bertz CT molecular complexity index is 1190. The lowest BCUT2D eigenvalue weighted by Gasteiger charge is -2.20. The predicted octanol–water partition coefficient (Wildman–Crippen LogP) is 3.15. The number of ether oxygens (including phenoxy) is 1. The average molecular weight is 501 g/mol. The normalized spacial score (nSPS) is 11.1. The molecule has 35 heavy (non-hydrogen) atoms. The molecule has 9 nitrogen and oxygen atoms in total. The summed E-state index contributed by atoms with van der Waals surface area (Å²) in [7, 11) is 1.56. The van der Waals surface area contributed by atoms with Crippen molar-refractivity contribution in [1.82, 2.24) is 19.8 Å². The van der Waals surface area contributed by atoms with Gasteiger partial charge in [-0.1, -0.05) is 25.1 Å². The molecule has 2 heterocycles. The van der Waals surface area contributed by atoms with Gasteiger partial charge in [0.25, 0.3) is 11.5 Å². The van der Waals surface area contributed by atoms with E-state index in [1.54, 1.807) is 43.7 Å². The molecule has 10 heteroatoms. The Morgan fingerprint density at radius 3 is 2.77 bits per heavy atom. The molecular weight excluding hydrogens is 468 g/mol. The van der Waals surface area contributed by atoms with Crippen molar-refractivity contribution < 1.29 is 18.7 Å². The molecule has 188 valence electrons. The smallest absolute Gasteiger partial charge is 0.262 e. The van der Waals surface area contributed by atoms with E-state index in [9.17, 15) is 14.4 Å². The highest BCUT2D eigenvalue weighted by molar-refractivity contribution is 7.99. The summed E-state index contributed by atoms with van der Waals surface area (Å²) in [5.74, 6) is 0.486. The van der Waals surface area contributed by atoms with Gasteiger partial charge in [-0.05, 0) is 43.7 Å². The van der Waals surface area contributed by atoms with Gasteiger partial charge in [0, 0.05) is 32.3 Å². The van der Waals surface area contributed by atoms with Crippen LogP contribution in [0, 0.1) is 0 Å². The lowest BCUT2D eigenvalue weighted by Crippen LogP contribution is -2.33. The summed E-state index contributed by atoms with van der Waals surface area (Å²) >= 11 is 1.22. The zero-order chi connectivity index (χ0) is 25.2. The molecule has 2 aromatic heterocycles. The van der Waals surface area contributed by atoms with Gasteiger partial charge in [-0.3, -0.25) is 19.0 Å². The van der Waals surface area contributed by atoms with Crippen LogP contribution in [0.5, 0.6) is 0 Å². The van der Waals surface area contributed by atoms with E-state index in [2.05, 4.69) is 17.2 Å². The minimum Gasteiger partial charge on any atom is -0.467 e. The number of fused-ring (bicyclic) bond motifs is 1. The van der Waals surface area contributed by atoms with Crippen molar-refractivity contribution in [2.75, 3.05) is 39.1 Å². The molecule has 0 aliphatic rings. The van der Waals surface area contributed by atoms with E-state index in [-0.39, 0.29) is 29.7 Å². The Balaban J connectivity index is 1.93. The molecule has 0 spiro atoms. The van der Waals surface area contributed by atoms with E-state index >= 15 is 0 Å². The lowest BCUT2D eigenvalue weighted by molar-refractivity contribution is -0.128. The number of carbonyl (C=O) groups is 2. The molecule has 0 saturated carbocycles. The van der Waals surface area contributed by atoms with Crippen molar-refractivity contribution in [3.63, 3.8) is 0 Å². The summed E-state index contributed by atoms with van der Waals surface area (Å²) in [5.41, 5.74) is 0.539. The third-order valence-electron chi connectivity index (χ3n) is 5.51. The number of benzene rings is 1. The number of hydrogen-bond donors (Lipinski definition) is 1. The number of methoxy groups -OCH3 is 1. The summed E-state index contributed by atoms with van der Waals surface area (Å²) in [6, 6.07) is 8.35. The molecule has 0 fully saturated rings. The molecule has 0 aliphatic heterocycles. The number of carbonyl (C=O) groups excluding carboxylic acids is 2. The van der Waals surface area contributed by atoms with Crippen LogP contribution in [0.3, 0.4) is 0 Å². The van der Waals surface area contributed by atoms with Crippen LogP contribution in [0.2, 0.25) is 0 Å². The standard InChI is InChI=1S/C25H32N4O5S/c1-4-6-12-28(5-2)22(30)17-35-25-27-21-15-18(23(31)26-11-14-33-3)9-10-20(21)24(32)29(25)16-19-8-7-13-34-19/h7-10,13,15H,4-6,11-12,14,16-17H2,1-3H3,(H,26,31). The van der Waals surface area contributed by atoms with E-state index in [0.29, 0.717) is 53.6 Å². The largest absolute Gasteiger partial charge is 0.467 e. The number of aromatic nitrogens is 2. The predicted molar refractivity (Wildman–Crippen MR) is 136 cm³/mol. The first kappa shape index (κ1) is 26.5. The number of unbranched alkanes of at least 4 members (excludes halogenated alkanes) is 1. The topological polar surface area (TPSA) is 107 Å². The number of furan rings is 1. The Kier molecular flexibility index (Phi) is 9.92. The average Bonchev–Trinajstić information content (AvgIpc) is 3.38. The Morgan fingerprint density at radius 2 is 2.09 bits per heavy atom. The summed E-state index contributed by atoms with van der Waals surface area (Å²) < 4.78 is 11.9. The van der Waals surface area contributed by atoms with Gasteiger partial charge in [-0.25, -0.2) is 4.98 Å². The highest BCUT2D eigenvalue weighted by Crippen LogP contribution is 2.21. The molecule has 0 atom stereocenters. The van der Waals surface area contributed by atoms with Crippen LogP contribution in [-0.2, 0) is 16.1 Å². The van der Waals surface area contributed by atoms with Gasteiger partial charge in [-0.2, -0.15) is 0 Å². The number of thioether (sulfide) groups is 1. The maximum Gasteiger partial charge on any atom is 0.262 e. The summed E-state index contributed by atoms with van der Waals surface area (Å²) in [5, 5.41) is 3.55. The Hall–Kier alpha value is -3.11. The van der Waals surface area contributed by atoms with E-state index in [4.69, 9.17) is 9.15 Å². The molecule has 0 unspecified atom stereocenters. The second-order valence-corrected chi connectivity index (χ2v) is 8.90. The van der Waals surface area contributed by atoms with Crippen LogP contribution in [0.25, 0.3) is 10.9 Å². The minimum absolute atomic E-state index is 0.00360. The van der Waals surface area contributed by atoms with Crippen LogP contribution in [0.1, 0.15) is 42.8 Å². The molecule has 3 aromatic rings. The fraction of sp³-hybridized carbons (Fsp3) is 0.440. The monoisotopic (exact) mass is 500 g/mol. The van der Waals surface area contributed by atoms with Crippen molar-refractivity contribution in [2.24, 2.45) is 0 Å². The Morgan fingerprint density at radius 1 is 1.26 bits per heavy atom. The lowest BCUT2D eigenvalue weighted by atomic mass is 10.1. The zero-order valence-electron chi connectivity index (χ0n) is 20.4. The second-order valence-electron chi connectivity index (χ2n) is 7.96. The van der Waals surface area contributed by atoms with Gasteiger partial charge in [0.2, 0.25) is 5.91 Å². The number of nitrogens with zero attached hydrogens (tertiary/aromatic N) is 3. The van der Waals surface area contributed by atoms with Crippen molar-refractivity contribution in [1.29, 1.82) is 0 Å². The van der Waals surface area contributed by atoms with Gasteiger partial charge in [0.1, 0.15) is 5.76 Å². The van der Waals surface area contributed by atoms with Crippen LogP contribution in [-0.4, -0.2) is 65.4 Å². The second kappa shape index (κ2) is 13.1. The van der Waals surface area contributed by atoms with E-state index in [1.165, 1.54) is 16.3 Å². The van der Waals surface area contributed by atoms with E-state index in [1.807, 2.05) is 11.8 Å².